The van der Waals surface area contributed by atoms with Crippen molar-refractivity contribution in [3.63, 3.8) is 0 Å². The van der Waals surface area contributed by atoms with Gasteiger partial charge in [0.25, 0.3) is 0 Å². The molecule has 3 atom stereocenters. The molecule has 1 aliphatic carbocycles. The van der Waals surface area contributed by atoms with Gasteiger partial charge in [-0.15, -0.1) is 0 Å². The van der Waals surface area contributed by atoms with Gasteiger partial charge >= 0.3 is 6.03 Å². The van der Waals surface area contributed by atoms with Gasteiger partial charge in [0.15, 0.2) is 0 Å². The number of likely N-dealkylation sites (N-methyl/N-ethyl adjacent to an activating group) is 1. The molecule has 0 unspecified atom stereocenters. The van der Waals surface area contributed by atoms with Crippen LogP contribution in [0, 0.1) is 0 Å². The molecule has 2 amide bonds. The van der Waals surface area contributed by atoms with E-state index in [9.17, 15) is 4.79 Å². The molecule has 0 radical (unpaired) electrons. The van der Waals surface area contributed by atoms with Crippen LogP contribution >= 0.6 is 0 Å². The van der Waals surface area contributed by atoms with E-state index in [2.05, 4.69) is 74.3 Å². The molecule has 0 spiro atoms. The van der Waals surface area contributed by atoms with E-state index in [-0.39, 0.29) is 12.1 Å². The summed E-state index contributed by atoms with van der Waals surface area (Å²) in [7, 11) is 0.557. The molecule has 1 aliphatic heterocycles. The van der Waals surface area contributed by atoms with Crippen molar-refractivity contribution >= 4 is 30.3 Å². The zero-order chi connectivity index (χ0) is 23.4. The molecule has 0 saturated carbocycles. The average molecular weight is 455 g/mol. The second-order valence-corrected chi connectivity index (χ2v) is 16.7. The number of amides is 2. The van der Waals surface area contributed by atoms with E-state index in [1.54, 1.807) is 5.56 Å². The molecule has 2 heterocycles. The lowest BCUT2D eigenvalue weighted by Gasteiger charge is -2.46. The van der Waals surface area contributed by atoms with Crippen molar-refractivity contribution in [2.45, 2.75) is 83.6 Å². The molecule has 32 heavy (non-hydrogen) atoms. The number of aromatic amines is 1. The van der Waals surface area contributed by atoms with Crippen molar-refractivity contribution in [2.75, 3.05) is 26.7 Å². The van der Waals surface area contributed by atoms with Crippen LogP contribution in [-0.2, 0) is 6.42 Å². The fourth-order valence-corrected chi connectivity index (χ4v) is 8.00. The number of benzene rings is 1. The van der Waals surface area contributed by atoms with Crippen LogP contribution < -0.4 is 10.6 Å². The summed E-state index contributed by atoms with van der Waals surface area (Å²) in [6, 6.07) is 7.57. The number of nitrogens with zero attached hydrogens (tertiary/aromatic N) is 2. The Kier molecular flexibility index (Phi) is 5.99. The number of hydrogen-bond acceptors (Lipinski definition) is 2. The highest BCUT2D eigenvalue weighted by atomic mass is 28.3. The topological polar surface area (TPSA) is 51.4 Å². The Bertz CT molecular complexity index is 1000. The van der Waals surface area contributed by atoms with Crippen LogP contribution in [0.5, 0.6) is 0 Å². The standard InChI is InChI=1S/C26H42N4OSi/c1-9-30(10-2)25(31)27-17-14-19-18-12-11-13-21-23(18)20(15-22(19)29(6)16-17)24(28-21)32(7,8)26(3,4)5/h11-13,17,19,22,28H,9-10,14-16H2,1-8H3,(H,27,31)/t17-,19-,22-/m1/s1. The summed E-state index contributed by atoms with van der Waals surface area (Å²) in [6.07, 6.45) is 2.12. The van der Waals surface area contributed by atoms with E-state index in [1.807, 2.05) is 18.7 Å². The van der Waals surface area contributed by atoms with Gasteiger partial charge in [0.05, 0.1) is 0 Å². The summed E-state index contributed by atoms with van der Waals surface area (Å²) in [5, 5.41) is 6.63. The van der Waals surface area contributed by atoms with Crippen LogP contribution in [0.25, 0.3) is 10.9 Å². The first-order valence-electron chi connectivity index (χ1n) is 12.4. The highest BCUT2D eigenvalue weighted by Gasteiger charge is 2.45. The molecule has 6 heteroatoms. The number of nitrogens with one attached hydrogen (secondary N) is 2. The first kappa shape index (κ1) is 23.4. The van der Waals surface area contributed by atoms with E-state index < -0.39 is 8.07 Å². The fraction of sp³-hybridized carbons (Fsp3) is 0.654. The summed E-state index contributed by atoms with van der Waals surface area (Å²) >= 11 is 0. The first-order valence-corrected chi connectivity index (χ1v) is 15.4. The molecule has 1 saturated heterocycles. The molecule has 5 nitrogen and oxygen atoms in total. The quantitative estimate of drug-likeness (QED) is 0.661. The summed E-state index contributed by atoms with van der Waals surface area (Å²) in [5.74, 6) is 0.454. The van der Waals surface area contributed by atoms with Crippen LogP contribution in [0.3, 0.4) is 0 Å². The number of likely N-dealkylation sites (tertiary alicyclic amines) is 1. The van der Waals surface area contributed by atoms with Gasteiger partial charge in [-0.25, -0.2) is 4.79 Å². The third kappa shape index (κ3) is 3.69. The zero-order valence-electron chi connectivity index (χ0n) is 21.3. The highest BCUT2D eigenvalue weighted by molar-refractivity contribution is 6.92. The number of hydrogen-bond donors (Lipinski definition) is 2. The minimum absolute atomic E-state index is 0.0726. The molecule has 4 rings (SSSR count). The first-order chi connectivity index (χ1) is 15.0. The minimum atomic E-state index is -1.69. The maximum atomic E-state index is 12.7. The van der Waals surface area contributed by atoms with E-state index in [0.29, 0.717) is 17.0 Å². The van der Waals surface area contributed by atoms with E-state index in [4.69, 9.17) is 0 Å². The largest absolute Gasteiger partial charge is 0.362 e. The third-order valence-corrected chi connectivity index (χ3v) is 14.2. The van der Waals surface area contributed by atoms with Gasteiger partial charge in [-0.3, -0.25) is 0 Å². The lowest BCUT2D eigenvalue weighted by atomic mass is 9.74. The smallest absolute Gasteiger partial charge is 0.317 e. The summed E-state index contributed by atoms with van der Waals surface area (Å²) in [5.41, 5.74) is 4.34. The van der Waals surface area contributed by atoms with E-state index in [0.717, 1.165) is 32.5 Å². The predicted octanol–water partition coefficient (Wildman–Crippen LogP) is 4.65. The molecule has 2 N–H and O–H groups in total. The number of rotatable bonds is 4. The second-order valence-electron chi connectivity index (χ2n) is 11.5. The number of H-pyrrole nitrogens is 1. The second kappa shape index (κ2) is 8.21. The molecule has 1 aromatic carbocycles. The molecule has 1 fully saturated rings. The lowest BCUT2D eigenvalue weighted by molar-refractivity contribution is 0.124. The van der Waals surface area contributed by atoms with Crippen LogP contribution in [0.2, 0.25) is 18.1 Å². The van der Waals surface area contributed by atoms with Crippen molar-refractivity contribution in [1.29, 1.82) is 0 Å². The SMILES string of the molecule is CCN(CC)C(=O)N[C@@H]1C[C@@H]2c3cccc4[nH]c([Si](C)(C)C(C)(C)C)c(c34)C[C@H]2N(C)C1. The Morgan fingerprint density at radius 1 is 1.25 bits per heavy atom. The van der Waals surface area contributed by atoms with E-state index in [1.165, 1.54) is 21.8 Å². The van der Waals surface area contributed by atoms with Crippen molar-refractivity contribution < 1.29 is 4.79 Å². The summed E-state index contributed by atoms with van der Waals surface area (Å²) < 4.78 is 0. The van der Waals surface area contributed by atoms with Crippen molar-refractivity contribution in [2.24, 2.45) is 0 Å². The highest BCUT2D eigenvalue weighted by Crippen LogP contribution is 2.45. The summed E-state index contributed by atoms with van der Waals surface area (Å²) in [4.78, 5) is 21.0. The van der Waals surface area contributed by atoms with Crippen LogP contribution in [0.15, 0.2) is 18.2 Å². The van der Waals surface area contributed by atoms with Crippen LogP contribution in [0.1, 0.15) is 58.1 Å². The Morgan fingerprint density at radius 2 is 1.94 bits per heavy atom. The zero-order valence-corrected chi connectivity index (χ0v) is 22.3. The number of carbonyl (C=O) groups is 1. The normalized spacial score (nSPS) is 23.8. The number of fused-ring (bicyclic) bond motifs is 2. The number of aromatic nitrogens is 1. The van der Waals surface area contributed by atoms with Gasteiger partial charge in [-0.1, -0.05) is 46.0 Å². The van der Waals surface area contributed by atoms with Gasteiger partial charge in [-0.2, -0.15) is 0 Å². The molecule has 2 aliphatic rings. The predicted molar refractivity (Wildman–Crippen MR) is 138 cm³/mol. The fourth-order valence-electron chi connectivity index (χ4n) is 5.82. The number of piperidine rings is 1. The average Bonchev–Trinajstić information content (AvgIpc) is 3.09. The minimum Gasteiger partial charge on any atom is -0.362 e. The molecular weight excluding hydrogens is 412 g/mol. The van der Waals surface area contributed by atoms with Crippen molar-refractivity contribution in [3.05, 3.63) is 29.3 Å². The monoisotopic (exact) mass is 454 g/mol. The van der Waals surface area contributed by atoms with Gasteiger partial charge in [0.1, 0.15) is 8.07 Å². The number of urea groups is 1. The Labute approximate surface area is 194 Å². The summed E-state index contributed by atoms with van der Waals surface area (Å²) in [6.45, 7) is 18.7. The van der Waals surface area contributed by atoms with E-state index >= 15 is 0 Å². The maximum Gasteiger partial charge on any atom is 0.317 e. The van der Waals surface area contributed by atoms with Gasteiger partial charge in [-0.05, 0) is 56.0 Å². The van der Waals surface area contributed by atoms with Crippen molar-refractivity contribution in [3.8, 4) is 0 Å². The third-order valence-electron chi connectivity index (χ3n) is 8.73. The van der Waals surface area contributed by atoms with Crippen LogP contribution in [-0.4, -0.2) is 67.7 Å². The van der Waals surface area contributed by atoms with Gasteiger partial charge < -0.3 is 20.1 Å². The van der Waals surface area contributed by atoms with Crippen LogP contribution in [0.4, 0.5) is 4.79 Å². The lowest BCUT2D eigenvalue weighted by Crippen LogP contribution is -2.57. The Hall–Kier alpha value is -1.79. The van der Waals surface area contributed by atoms with Gasteiger partial charge in [0.2, 0.25) is 0 Å². The molecule has 2 aromatic rings. The molecule has 0 bridgehead atoms. The molecular formula is C26H42N4OSi. The van der Waals surface area contributed by atoms with Gasteiger partial charge in [0, 0.05) is 53.9 Å². The Morgan fingerprint density at radius 3 is 2.56 bits per heavy atom. The number of carbonyl (C=O) groups excluding carboxylic acids is 1. The van der Waals surface area contributed by atoms with Crippen molar-refractivity contribution in [1.82, 2.24) is 20.1 Å². The maximum absolute atomic E-state index is 12.7. The molecule has 1 aromatic heterocycles. The molecule has 176 valence electrons. The Balaban J connectivity index is 1.72.